The summed E-state index contributed by atoms with van der Waals surface area (Å²) in [7, 11) is 0. The number of halogens is 3. The average molecular weight is 273 g/mol. The molecule has 3 rings (SSSR count). The molecule has 0 amide bonds. The molecule has 1 N–H and O–H groups in total. The SMILES string of the molecule is FC(F)(F)c1ccc(C2CCCN2)c2c1OCCO2. The zero-order chi connectivity index (χ0) is 13.5. The standard InChI is InChI=1S/C13H14F3NO2/c14-13(15,16)9-4-3-8(10-2-1-5-17-10)11-12(9)19-7-6-18-11/h3-4,10,17H,1-2,5-7H2. The van der Waals surface area contributed by atoms with Crippen molar-refractivity contribution in [3.8, 4) is 11.5 Å². The van der Waals surface area contributed by atoms with Crippen molar-refractivity contribution in [1.29, 1.82) is 0 Å². The molecule has 0 bridgehead atoms. The number of alkyl halides is 3. The van der Waals surface area contributed by atoms with Crippen LogP contribution in [-0.4, -0.2) is 19.8 Å². The molecule has 0 aromatic heterocycles. The Balaban J connectivity index is 2.08. The molecule has 6 heteroatoms. The molecule has 0 aliphatic carbocycles. The molecule has 1 atom stereocenters. The lowest BCUT2D eigenvalue weighted by atomic mass is 10.00. The van der Waals surface area contributed by atoms with Crippen molar-refractivity contribution in [2.75, 3.05) is 19.8 Å². The Morgan fingerprint density at radius 3 is 2.47 bits per heavy atom. The van der Waals surface area contributed by atoms with E-state index in [0.29, 0.717) is 0 Å². The Bertz CT molecular complexity index is 482. The van der Waals surface area contributed by atoms with Gasteiger partial charge in [-0.05, 0) is 25.5 Å². The molecule has 1 saturated heterocycles. The third-order valence-electron chi connectivity index (χ3n) is 3.46. The molecule has 1 aromatic rings. The quantitative estimate of drug-likeness (QED) is 0.853. The molecule has 2 heterocycles. The van der Waals surface area contributed by atoms with Crippen LogP contribution in [0, 0.1) is 0 Å². The minimum Gasteiger partial charge on any atom is -0.486 e. The van der Waals surface area contributed by atoms with Crippen molar-refractivity contribution in [3.05, 3.63) is 23.3 Å². The maximum absolute atomic E-state index is 12.9. The fraction of sp³-hybridized carbons (Fsp3) is 0.538. The largest absolute Gasteiger partial charge is 0.486 e. The van der Waals surface area contributed by atoms with Crippen LogP contribution < -0.4 is 14.8 Å². The van der Waals surface area contributed by atoms with Crippen molar-refractivity contribution in [3.63, 3.8) is 0 Å². The van der Waals surface area contributed by atoms with Gasteiger partial charge in [0.1, 0.15) is 18.8 Å². The van der Waals surface area contributed by atoms with Crippen LogP contribution in [0.4, 0.5) is 13.2 Å². The Labute approximate surface area is 108 Å². The molecule has 3 nitrogen and oxygen atoms in total. The van der Waals surface area contributed by atoms with E-state index in [2.05, 4.69) is 5.32 Å². The van der Waals surface area contributed by atoms with Crippen LogP contribution in [0.15, 0.2) is 12.1 Å². The average Bonchev–Trinajstić information content (AvgIpc) is 2.90. The molecule has 2 aliphatic rings. The van der Waals surface area contributed by atoms with Gasteiger partial charge in [0, 0.05) is 11.6 Å². The molecule has 2 aliphatic heterocycles. The Hall–Kier alpha value is -1.43. The first-order valence-corrected chi connectivity index (χ1v) is 6.30. The lowest BCUT2D eigenvalue weighted by Crippen LogP contribution is -2.22. The molecule has 1 fully saturated rings. The van der Waals surface area contributed by atoms with Gasteiger partial charge < -0.3 is 14.8 Å². The summed E-state index contributed by atoms with van der Waals surface area (Å²) >= 11 is 0. The van der Waals surface area contributed by atoms with Crippen LogP contribution in [0.2, 0.25) is 0 Å². The lowest BCUT2D eigenvalue weighted by Gasteiger charge is -2.26. The number of benzene rings is 1. The zero-order valence-electron chi connectivity index (χ0n) is 10.2. The fourth-order valence-corrected chi connectivity index (χ4v) is 2.61. The summed E-state index contributed by atoms with van der Waals surface area (Å²) in [6.07, 6.45) is -2.51. The van der Waals surface area contributed by atoms with Crippen molar-refractivity contribution in [2.24, 2.45) is 0 Å². The van der Waals surface area contributed by atoms with Gasteiger partial charge in [-0.15, -0.1) is 0 Å². The molecule has 0 saturated carbocycles. The molecular formula is C13H14F3NO2. The number of rotatable bonds is 1. The smallest absolute Gasteiger partial charge is 0.420 e. The predicted molar refractivity (Wildman–Crippen MR) is 62.4 cm³/mol. The van der Waals surface area contributed by atoms with Crippen LogP contribution >= 0.6 is 0 Å². The van der Waals surface area contributed by atoms with Gasteiger partial charge in [0.15, 0.2) is 11.5 Å². The van der Waals surface area contributed by atoms with E-state index in [1.54, 1.807) is 0 Å². The molecule has 104 valence electrons. The molecule has 19 heavy (non-hydrogen) atoms. The predicted octanol–water partition coefficient (Wildman–Crippen LogP) is 2.90. The maximum atomic E-state index is 12.9. The van der Waals surface area contributed by atoms with Crippen molar-refractivity contribution >= 4 is 0 Å². The first kappa shape index (κ1) is 12.6. The number of fused-ring (bicyclic) bond motifs is 1. The minimum absolute atomic E-state index is 0.0535. The van der Waals surface area contributed by atoms with E-state index in [1.165, 1.54) is 6.07 Å². The van der Waals surface area contributed by atoms with E-state index >= 15 is 0 Å². The Kier molecular flexibility index (Phi) is 3.05. The van der Waals surface area contributed by atoms with Crippen LogP contribution in [0.1, 0.15) is 30.0 Å². The van der Waals surface area contributed by atoms with E-state index in [-0.39, 0.29) is 30.8 Å². The monoisotopic (exact) mass is 273 g/mol. The van der Waals surface area contributed by atoms with Gasteiger partial charge >= 0.3 is 6.18 Å². The van der Waals surface area contributed by atoms with E-state index in [1.807, 2.05) is 0 Å². The van der Waals surface area contributed by atoms with Gasteiger partial charge in [-0.3, -0.25) is 0 Å². The number of nitrogens with one attached hydrogen (secondary N) is 1. The normalized spacial score (nSPS) is 22.6. The van der Waals surface area contributed by atoms with Crippen LogP contribution in [0.25, 0.3) is 0 Å². The van der Waals surface area contributed by atoms with Crippen molar-refractivity contribution in [2.45, 2.75) is 25.1 Å². The van der Waals surface area contributed by atoms with Crippen LogP contribution in [0.3, 0.4) is 0 Å². The molecule has 1 aromatic carbocycles. The van der Waals surface area contributed by atoms with Gasteiger partial charge in [-0.1, -0.05) is 6.07 Å². The Morgan fingerprint density at radius 1 is 1.11 bits per heavy atom. The van der Waals surface area contributed by atoms with Crippen molar-refractivity contribution < 1.29 is 22.6 Å². The van der Waals surface area contributed by atoms with Gasteiger partial charge in [-0.25, -0.2) is 0 Å². The van der Waals surface area contributed by atoms with Crippen LogP contribution in [-0.2, 0) is 6.18 Å². The highest BCUT2D eigenvalue weighted by molar-refractivity contribution is 5.55. The molecular weight excluding hydrogens is 259 g/mol. The first-order chi connectivity index (χ1) is 9.07. The van der Waals surface area contributed by atoms with E-state index in [4.69, 9.17) is 9.47 Å². The van der Waals surface area contributed by atoms with E-state index in [0.717, 1.165) is 31.0 Å². The van der Waals surface area contributed by atoms with Crippen LogP contribution in [0.5, 0.6) is 11.5 Å². The topological polar surface area (TPSA) is 30.5 Å². The summed E-state index contributed by atoms with van der Waals surface area (Å²) in [6, 6.07) is 2.64. The van der Waals surface area contributed by atoms with Gasteiger partial charge in [-0.2, -0.15) is 13.2 Å². The number of hydrogen-bond donors (Lipinski definition) is 1. The highest BCUT2D eigenvalue weighted by atomic mass is 19.4. The van der Waals surface area contributed by atoms with Crippen molar-refractivity contribution in [1.82, 2.24) is 5.32 Å². The number of hydrogen-bond acceptors (Lipinski definition) is 3. The summed E-state index contributed by atoms with van der Waals surface area (Å²) < 4.78 is 49.4. The summed E-state index contributed by atoms with van der Waals surface area (Å²) in [5.41, 5.74) is 0.00384. The highest BCUT2D eigenvalue weighted by Gasteiger charge is 2.38. The van der Waals surface area contributed by atoms with Gasteiger partial charge in [0.2, 0.25) is 0 Å². The second-order valence-electron chi connectivity index (χ2n) is 4.70. The molecule has 1 unspecified atom stereocenters. The zero-order valence-corrected chi connectivity index (χ0v) is 10.2. The fourth-order valence-electron chi connectivity index (χ4n) is 2.61. The summed E-state index contributed by atoms with van der Waals surface area (Å²) in [4.78, 5) is 0. The second kappa shape index (κ2) is 4.59. The Morgan fingerprint density at radius 2 is 1.84 bits per heavy atom. The number of ether oxygens (including phenoxy) is 2. The second-order valence-corrected chi connectivity index (χ2v) is 4.70. The lowest BCUT2D eigenvalue weighted by molar-refractivity contribution is -0.139. The summed E-state index contributed by atoms with van der Waals surface area (Å²) in [5.74, 6) is 0.0884. The summed E-state index contributed by atoms with van der Waals surface area (Å²) in [6.45, 7) is 1.31. The maximum Gasteiger partial charge on any atom is 0.420 e. The third-order valence-corrected chi connectivity index (χ3v) is 3.46. The first-order valence-electron chi connectivity index (χ1n) is 6.30. The summed E-state index contributed by atoms with van der Waals surface area (Å²) in [5, 5.41) is 3.26. The van der Waals surface area contributed by atoms with E-state index < -0.39 is 11.7 Å². The third kappa shape index (κ3) is 2.25. The minimum atomic E-state index is -4.42. The van der Waals surface area contributed by atoms with Gasteiger partial charge in [0.05, 0.1) is 0 Å². The van der Waals surface area contributed by atoms with E-state index in [9.17, 15) is 13.2 Å². The molecule has 0 radical (unpaired) electrons. The highest BCUT2D eigenvalue weighted by Crippen LogP contribution is 2.47. The van der Waals surface area contributed by atoms with Gasteiger partial charge in [0.25, 0.3) is 0 Å². The molecule has 0 spiro atoms.